The molecule has 0 unspecified atom stereocenters. The van der Waals surface area contributed by atoms with Crippen molar-refractivity contribution in [3.8, 4) is 0 Å². The molecule has 3 nitrogen and oxygen atoms in total. The van der Waals surface area contributed by atoms with Crippen LogP contribution in [0.15, 0.2) is 22.8 Å². The van der Waals surface area contributed by atoms with E-state index in [1.165, 1.54) is 0 Å². The molecule has 1 aromatic heterocycles. The number of halogens is 1. The number of pyridine rings is 1. The van der Waals surface area contributed by atoms with E-state index in [0.717, 1.165) is 29.9 Å². The van der Waals surface area contributed by atoms with Gasteiger partial charge in [0.15, 0.2) is 0 Å². The van der Waals surface area contributed by atoms with Crippen molar-refractivity contribution in [2.24, 2.45) is 0 Å². The summed E-state index contributed by atoms with van der Waals surface area (Å²) in [6.45, 7) is 1.85. The van der Waals surface area contributed by atoms with Gasteiger partial charge in [-0.15, -0.1) is 0 Å². The molecule has 0 aliphatic carbocycles. The van der Waals surface area contributed by atoms with Crippen LogP contribution >= 0.6 is 15.9 Å². The standard InChI is InChI=1S/C10H11BrN2O/c11-7-1-2-12-10(3-7)13-5-9-4-8(13)6-14-9/h1-3,8-9H,4-6H2/t8-,9-/m0/s1. The van der Waals surface area contributed by atoms with Crippen molar-refractivity contribution in [3.05, 3.63) is 22.8 Å². The van der Waals surface area contributed by atoms with Gasteiger partial charge in [0.2, 0.25) is 0 Å². The Labute approximate surface area is 91.2 Å². The average Bonchev–Trinajstić information content (AvgIpc) is 2.78. The fourth-order valence-electron chi connectivity index (χ4n) is 2.23. The van der Waals surface area contributed by atoms with Crippen LogP contribution in [0.25, 0.3) is 0 Å². The summed E-state index contributed by atoms with van der Waals surface area (Å²) in [6.07, 6.45) is 3.43. The number of rotatable bonds is 1. The Morgan fingerprint density at radius 1 is 1.57 bits per heavy atom. The highest BCUT2D eigenvalue weighted by Crippen LogP contribution is 2.32. The Balaban J connectivity index is 1.89. The second kappa shape index (κ2) is 3.21. The van der Waals surface area contributed by atoms with E-state index in [1.807, 2.05) is 12.3 Å². The van der Waals surface area contributed by atoms with E-state index < -0.39 is 0 Å². The number of hydrogen-bond donors (Lipinski definition) is 0. The van der Waals surface area contributed by atoms with Gasteiger partial charge in [0, 0.05) is 17.2 Å². The SMILES string of the molecule is Brc1ccnc(N2C[C@@H]3C[C@H]2CO3)c1. The molecular formula is C10H11BrN2O. The minimum Gasteiger partial charge on any atom is -0.374 e. The summed E-state index contributed by atoms with van der Waals surface area (Å²) in [7, 11) is 0. The molecule has 3 heterocycles. The van der Waals surface area contributed by atoms with Gasteiger partial charge in [-0.1, -0.05) is 15.9 Å². The third-order valence-corrected chi connectivity index (χ3v) is 3.40. The molecular weight excluding hydrogens is 244 g/mol. The van der Waals surface area contributed by atoms with Crippen molar-refractivity contribution in [1.82, 2.24) is 4.98 Å². The molecule has 3 rings (SSSR count). The van der Waals surface area contributed by atoms with E-state index in [0.29, 0.717) is 12.1 Å². The molecule has 0 saturated carbocycles. The Bertz CT molecular complexity index is 358. The summed E-state index contributed by atoms with van der Waals surface area (Å²) in [5.41, 5.74) is 0. The molecule has 2 fully saturated rings. The van der Waals surface area contributed by atoms with Crippen molar-refractivity contribution in [3.63, 3.8) is 0 Å². The molecule has 2 aliphatic heterocycles. The molecule has 2 saturated heterocycles. The normalized spacial score (nSPS) is 29.9. The highest BCUT2D eigenvalue weighted by atomic mass is 79.9. The van der Waals surface area contributed by atoms with Crippen LogP contribution < -0.4 is 4.90 Å². The zero-order chi connectivity index (χ0) is 9.54. The summed E-state index contributed by atoms with van der Waals surface area (Å²) in [5, 5.41) is 0. The van der Waals surface area contributed by atoms with Crippen LogP contribution in [0.3, 0.4) is 0 Å². The molecule has 1 aromatic rings. The number of ether oxygens (including phenoxy) is 1. The molecule has 0 amide bonds. The smallest absolute Gasteiger partial charge is 0.130 e. The predicted octanol–water partition coefficient (Wildman–Crippen LogP) is 1.82. The summed E-state index contributed by atoms with van der Waals surface area (Å²) < 4.78 is 6.64. The summed E-state index contributed by atoms with van der Waals surface area (Å²) in [5.74, 6) is 1.06. The maximum atomic E-state index is 5.55. The fraction of sp³-hybridized carbons (Fsp3) is 0.500. The second-order valence-electron chi connectivity index (χ2n) is 3.83. The number of hydrogen-bond acceptors (Lipinski definition) is 3. The first-order valence-corrected chi connectivity index (χ1v) is 5.62. The van der Waals surface area contributed by atoms with E-state index >= 15 is 0 Å². The van der Waals surface area contributed by atoms with Crippen molar-refractivity contribution < 1.29 is 4.74 Å². The number of aromatic nitrogens is 1. The monoisotopic (exact) mass is 254 g/mol. The van der Waals surface area contributed by atoms with Gasteiger partial charge < -0.3 is 9.64 Å². The first kappa shape index (κ1) is 8.68. The van der Waals surface area contributed by atoms with Crippen molar-refractivity contribution in [1.29, 1.82) is 0 Å². The lowest BCUT2D eigenvalue weighted by atomic mass is 10.2. The summed E-state index contributed by atoms with van der Waals surface area (Å²) >= 11 is 3.46. The van der Waals surface area contributed by atoms with E-state index in [4.69, 9.17) is 4.74 Å². The molecule has 4 heteroatoms. The Kier molecular flexibility index (Phi) is 1.99. The van der Waals surface area contributed by atoms with Gasteiger partial charge in [-0.2, -0.15) is 0 Å². The van der Waals surface area contributed by atoms with Crippen molar-refractivity contribution in [2.45, 2.75) is 18.6 Å². The first-order valence-electron chi connectivity index (χ1n) is 4.83. The minimum absolute atomic E-state index is 0.431. The molecule has 0 N–H and O–H groups in total. The van der Waals surface area contributed by atoms with Crippen molar-refractivity contribution in [2.75, 3.05) is 18.1 Å². The zero-order valence-corrected chi connectivity index (χ0v) is 9.27. The van der Waals surface area contributed by atoms with Gasteiger partial charge in [-0.25, -0.2) is 4.98 Å². The van der Waals surface area contributed by atoms with Gasteiger partial charge in [0.1, 0.15) is 5.82 Å². The highest BCUT2D eigenvalue weighted by molar-refractivity contribution is 9.10. The number of anilines is 1. The molecule has 2 bridgehead atoms. The van der Waals surface area contributed by atoms with Gasteiger partial charge in [0.25, 0.3) is 0 Å². The second-order valence-corrected chi connectivity index (χ2v) is 4.75. The highest BCUT2D eigenvalue weighted by Gasteiger charge is 2.39. The summed E-state index contributed by atoms with van der Waals surface area (Å²) in [6, 6.07) is 4.57. The van der Waals surface area contributed by atoms with E-state index in [9.17, 15) is 0 Å². The first-order chi connectivity index (χ1) is 6.83. The van der Waals surface area contributed by atoms with Crippen LogP contribution in [0, 0.1) is 0 Å². The molecule has 0 spiro atoms. The fourth-order valence-corrected chi connectivity index (χ4v) is 2.55. The maximum absolute atomic E-state index is 5.55. The molecule has 2 aliphatic rings. The third kappa shape index (κ3) is 1.33. The van der Waals surface area contributed by atoms with Gasteiger partial charge in [0.05, 0.1) is 18.8 Å². The Morgan fingerprint density at radius 2 is 2.50 bits per heavy atom. The third-order valence-electron chi connectivity index (χ3n) is 2.90. The molecule has 2 atom stereocenters. The molecule has 0 aromatic carbocycles. The lowest BCUT2D eigenvalue weighted by molar-refractivity contribution is 0.0989. The van der Waals surface area contributed by atoms with Gasteiger partial charge in [-0.3, -0.25) is 0 Å². The quantitative estimate of drug-likeness (QED) is 0.765. The molecule has 0 radical (unpaired) electrons. The lowest BCUT2D eigenvalue weighted by Crippen LogP contribution is -2.37. The lowest BCUT2D eigenvalue weighted by Gasteiger charge is -2.27. The minimum atomic E-state index is 0.431. The van der Waals surface area contributed by atoms with Crippen LogP contribution in [-0.4, -0.2) is 30.3 Å². The maximum Gasteiger partial charge on any atom is 0.130 e. The van der Waals surface area contributed by atoms with Gasteiger partial charge >= 0.3 is 0 Å². The summed E-state index contributed by atoms with van der Waals surface area (Å²) in [4.78, 5) is 6.73. The van der Waals surface area contributed by atoms with Crippen molar-refractivity contribution >= 4 is 21.7 Å². The Morgan fingerprint density at radius 3 is 3.14 bits per heavy atom. The van der Waals surface area contributed by atoms with E-state index in [1.54, 1.807) is 0 Å². The average molecular weight is 255 g/mol. The van der Waals surface area contributed by atoms with Crippen LogP contribution in [0.4, 0.5) is 5.82 Å². The van der Waals surface area contributed by atoms with E-state index in [2.05, 4.69) is 31.9 Å². The number of fused-ring (bicyclic) bond motifs is 2. The van der Waals surface area contributed by atoms with Crippen LogP contribution in [-0.2, 0) is 4.74 Å². The predicted molar refractivity (Wildman–Crippen MR) is 57.4 cm³/mol. The zero-order valence-electron chi connectivity index (χ0n) is 7.69. The topological polar surface area (TPSA) is 25.4 Å². The van der Waals surface area contributed by atoms with Crippen LogP contribution in [0.1, 0.15) is 6.42 Å². The Hall–Kier alpha value is -0.610. The van der Waals surface area contributed by atoms with Crippen LogP contribution in [0.5, 0.6) is 0 Å². The van der Waals surface area contributed by atoms with E-state index in [-0.39, 0.29) is 0 Å². The number of nitrogens with zero attached hydrogens (tertiary/aromatic N) is 2. The van der Waals surface area contributed by atoms with Crippen LogP contribution in [0.2, 0.25) is 0 Å². The largest absolute Gasteiger partial charge is 0.374 e. The molecule has 14 heavy (non-hydrogen) atoms. The van der Waals surface area contributed by atoms with Gasteiger partial charge in [-0.05, 0) is 18.6 Å². The number of morpholine rings is 1. The molecule has 74 valence electrons.